The van der Waals surface area contributed by atoms with E-state index in [0.29, 0.717) is 0 Å². The normalized spacial score (nSPS) is 10.3. The number of furan rings is 1. The molecule has 0 radical (unpaired) electrons. The Morgan fingerprint density at radius 1 is 1.08 bits per heavy atom. The average molecular weight is 337 g/mol. The first kappa shape index (κ1) is 16.2. The quantitative estimate of drug-likeness (QED) is 0.496. The summed E-state index contributed by atoms with van der Waals surface area (Å²) in [4.78, 5) is 9.87. The molecule has 0 saturated heterocycles. The smallest absolute Gasteiger partial charge is 0.151 e. The number of aromatic nitrogens is 2. The standard InChI is InChI=1S/C17H13N3OS.C2H6/c1-11-3-2-4-13(7-11)20-17-16-14(18-10-19-17)8-15(22-16)12-5-6-21-9-12;1-2/h2-10H,1H3,(H,18,19,20);1-2H3. The minimum absolute atomic E-state index is 0.829. The zero-order valence-corrected chi connectivity index (χ0v) is 14.7. The van der Waals surface area contributed by atoms with E-state index in [0.717, 1.165) is 32.2 Å². The Bertz CT molecular complexity index is 929. The molecule has 1 N–H and O–H groups in total. The number of aryl methyl sites for hydroxylation is 1. The summed E-state index contributed by atoms with van der Waals surface area (Å²) in [6.07, 6.45) is 5.01. The third kappa shape index (κ3) is 3.31. The van der Waals surface area contributed by atoms with Crippen molar-refractivity contribution in [3.05, 3.63) is 60.8 Å². The molecule has 5 heteroatoms. The maximum Gasteiger partial charge on any atom is 0.151 e. The lowest BCUT2D eigenvalue weighted by Gasteiger charge is -2.06. The number of benzene rings is 1. The summed E-state index contributed by atoms with van der Waals surface area (Å²) in [5, 5.41) is 3.38. The molecule has 3 aromatic heterocycles. The maximum absolute atomic E-state index is 5.16. The summed E-state index contributed by atoms with van der Waals surface area (Å²) in [6.45, 7) is 6.07. The number of fused-ring (bicyclic) bond motifs is 1. The Kier molecular flexibility index (Phi) is 4.91. The molecule has 3 heterocycles. The van der Waals surface area contributed by atoms with Crippen molar-refractivity contribution < 1.29 is 4.42 Å². The van der Waals surface area contributed by atoms with Gasteiger partial charge >= 0.3 is 0 Å². The van der Waals surface area contributed by atoms with Gasteiger partial charge in [-0.1, -0.05) is 26.0 Å². The lowest BCUT2D eigenvalue weighted by atomic mass is 10.2. The van der Waals surface area contributed by atoms with E-state index in [-0.39, 0.29) is 0 Å². The molecule has 122 valence electrons. The highest BCUT2D eigenvalue weighted by Gasteiger charge is 2.11. The topological polar surface area (TPSA) is 51.0 Å². The number of thiophene rings is 1. The predicted octanol–water partition coefficient (Wildman–Crippen LogP) is 6.03. The van der Waals surface area contributed by atoms with Crippen LogP contribution in [-0.2, 0) is 0 Å². The molecule has 0 atom stereocenters. The van der Waals surface area contributed by atoms with Gasteiger partial charge in [0.05, 0.1) is 22.7 Å². The first-order chi connectivity index (χ1) is 11.8. The van der Waals surface area contributed by atoms with Gasteiger partial charge in [0, 0.05) is 16.1 Å². The molecular weight excluding hydrogens is 318 g/mol. The number of nitrogens with zero attached hydrogens (tertiary/aromatic N) is 2. The number of nitrogens with one attached hydrogen (secondary N) is 1. The van der Waals surface area contributed by atoms with Crippen molar-refractivity contribution in [2.75, 3.05) is 5.32 Å². The van der Waals surface area contributed by atoms with Crippen LogP contribution in [0.2, 0.25) is 0 Å². The van der Waals surface area contributed by atoms with Gasteiger partial charge in [-0.05, 0) is 36.8 Å². The highest BCUT2D eigenvalue weighted by molar-refractivity contribution is 7.22. The molecule has 0 aliphatic carbocycles. The van der Waals surface area contributed by atoms with E-state index in [1.165, 1.54) is 5.56 Å². The van der Waals surface area contributed by atoms with Gasteiger partial charge in [0.2, 0.25) is 0 Å². The summed E-state index contributed by atoms with van der Waals surface area (Å²) in [5.41, 5.74) is 4.23. The van der Waals surface area contributed by atoms with E-state index >= 15 is 0 Å². The van der Waals surface area contributed by atoms with Crippen LogP contribution in [0.15, 0.2) is 59.7 Å². The maximum atomic E-state index is 5.16. The summed E-state index contributed by atoms with van der Waals surface area (Å²) in [7, 11) is 0. The molecular formula is C19H19N3OS. The van der Waals surface area contributed by atoms with Crippen molar-refractivity contribution in [2.45, 2.75) is 20.8 Å². The van der Waals surface area contributed by atoms with Crippen LogP contribution < -0.4 is 5.32 Å². The minimum Gasteiger partial charge on any atom is -0.472 e. The summed E-state index contributed by atoms with van der Waals surface area (Å²) < 4.78 is 6.20. The molecule has 4 aromatic rings. The SMILES string of the molecule is CC.Cc1cccc(Nc2ncnc3cc(-c4ccoc4)sc23)c1. The zero-order chi connectivity index (χ0) is 16.9. The Morgan fingerprint density at radius 3 is 2.71 bits per heavy atom. The van der Waals surface area contributed by atoms with E-state index in [2.05, 4.69) is 40.4 Å². The Balaban J connectivity index is 0.000000815. The first-order valence-electron chi connectivity index (χ1n) is 7.90. The van der Waals surface area contributed by atoms with Crippen molar-refractivity contribution in [3.8, 4) is 10.4 Å². The fourth-order valence-electron chi connectivity index (χ4n) is 2.35. The first-order valence-corrected chi connectivity index (χ1v) is 8.72. The van der Waals surface area contributed by atoms with Crippen LogP contribution in [-0.4, -0.2) is 9.97 Å². The molecule has 0 fully saturated rings. The summed E-state index contributed by atoms with van der Waals surface area (Å²) >= 11 is 1.66. The fourth-order valence-corrected chi connectivity index (χ4v) is 3.39. The molecule has 0 aliphatic rings. The lowest BCUT2D eigenvalue weighted by molar-refractivity contribution is 0.568. The highest BCUT2D eigenvalue weighted by Crippen LogP contribution is 2.36. The zero-order valence-electron chi connectivity index (χ0n) is 13.9. The molecule has 4 nitrogen and oxygen atoms in total. The monoisotopic (exact) mass is 337 g/mol. The molecule has 0 unspecified atom stereocenters. The van der Waals surface area contributed by atoms with E-state index in [9.17, 15) is 0 Å². The molecule has 0 saturated carbocycles. The summed E-state index contributed by atoms with van der Waals surface area (Å²) in [5.74, 6) is 0.829. The van der Waals surface area contributed by atoms with Crippen molar-refractivity contribution in [2.24, 2.45) is 0 Å². The molecule has 4 rings (SSSR count). The van der Waals surface area contributed by atoms with Gasteiger partial charge in [-0.2, -0.15) is 0 Å². The van der Waals surface area contributed by atoms with Crippen LogP contribution in [0, 0.1) is 6.92 Å². The third-order valence-electron chi connectivity index (χ3n) is 3.40. The van der Waals surface area contributed by atoms with Gasteiger partial charge in [-0.25, -0.2) is 9.97 Å². The summed E-state index contributed by atoms with van der Waals surface area (Å²) in [6, 6.07) is 12.2. The lowest BCUT2D eigenvalue weighted by Crippen LogP contribution is -1.94. The van der Waals surface area contributed by atoms with Gasteiger partial charge in [0.25, 0.3) is 0 Å². The highest BCUT2D eigenvalue weighted by atomic mass is 32.1. The average Bonchev–Trinajstić information content (AvgIpc) is 3.26. The molecule has 0 aliphatic heterocycles. The molecule has 0 bridgehead atoms. The largest absolute Gasteiger partial charge is 0.472 e. The third-order valence-corrected chi connectivity index (χ3v) is 4.58. The van der Waals surface area contributed by atoms with E-state index in [1.807, 2.05) is 32.0 Å². The number of hydrogen-bond donors (Lipinski definition) is 1. The van der Waals surface area contributed by atoms with Crippen LogP contribution in [0.4, 0.5) is 11.5 Å². The van der Waals surface area contributed by atoms with Gasteiger partial charge < -0.3 is 9.73 Å². The van der Waals surface area contributed by atoms with E-state index in [4.69, 9.17) is 4.42 Å². The number of anilines is 2. The van der Waals surface area contributed by atoms with Crippen LogP contribution in [0.5, 0.6) is 0 Å². The number of hydrogen-bond acceptors (Lipinski definition) is 5. The molecule has 0 amide bonds. The van der Waals surface area contributed by atoms with Gasteiger partial charge in [0.1, 0.15) is 6.33 Å². The molecule has 0 spiro atoms. The van der Waals surface area contributed by atoms with Crippen molar-refractivity contribution >= 4 is 33.1 Å². The van der Waals surface area contributed by atoms with Crippen molar-refractivity contribution in [3.63, 3.8) is 0 Å². The second-order valence-electron chi connectivity index (χ2n) is 5.05. The molecule has 1 aromatic carbocycles. The van der Waals surface area contributed by atoms with Gasteiger partial charge in [0.15, 0.2) is 5.82 Å². The van der Waals surface area contributed by atoms with Crippen LogP contribution in [0.1, 0.15) is 19.4 Å². The van der Waals surface area contributed by atoms with Crippen molar-refractivity contribution in [1.29, 1.82) is 0 Å². The Morgan fingerprint density at radius 2 is 1.96 bits per heavy atom. The molecule has 24 heavy (non-hydrogen) atoms. The van der Waals surface area contributed by atoms with E-state index in [1.54, 1.807) is 30.2 Å². The van der Waals surface area contributed by atoms with Gasteiger partial charge in [-0.3, -0.25) is 0 Å². The number of rotatable bonds is 3. The van der Waals surface area contributed by atoms with Crippen LogP contribution >= 0.6 is 11.3 Å². The second kappa shape index (κ2) is 7.27. The predicted molar refractivity (Wildman–Crippen MR) is 101 cm³/mol. The Hall–Kier alpha value is -2.66. The second-order valence-corrected chi connectivity index (χ2v) is 6.11. The Labute approximate surface area is 145 Å². The van der Waals surface area contributed by atoms with Crippen LogP contribution in [0.25, 0.3) is 20.7 Å². The van der Waals surface area contributed by atoms with Gasteiger partial charge in [-0.15, -0.1) is 11.3 Å². The van der Waals surface area contributed by atoms with Crippen LogP contribution in [0.3, 0.4) is 0 Å². The fraction of sp³-hybridized carbons (Fsp3) is 0.158. The van der Waals surface area contributed by atoms with E-state index < -0.39 is 0 Å². The van der Waals surface area contributed by atoms with Crippen molar-refractivity contribution in [1.82, 2.24) is 9.97 Å². The minimum atomic E-state index is 0.829.